The summed E-state index contributed by atoms with van der Waals surface area (Å²) in [5.74, 6) is -0.0177. The summed E-state index contributed by atoms with van der Waals surface area (Å²) < 4.78 is 0. The van der Waals surface area contributed by atoms with Gasteiger partial charge in [0.05, 0.1) is 10.6 Å². The first kappa shape index (κ1) is 15.0. The lowest BCUT2D eigenvalue weighted by atomic mass is 10.1. The Bertz CT molecular complexity index is 395. The average Bonchev–Trinajstić information content (AvgIpc) is 2.39. The minimum absolute atomic E-state index is 0.0177. The Hall–Kier alpha value is -1.09. The summed E-state index contributed by atoms with van der Waals surface area (Å²) in [4.78, 5) is 18.4. The quantitative estimate of drug-likeness (QED) is 0.787. The summed E-state index contributed by atoms with van der Waals surface area (Å²) in [7, 11) is 0. The first-order chi connectivity index (χ1) is 8.61. The van der Waals surface area contributed by atoms with Crippen molar-refractivity contribution in [3.8, 4) is 0 Å². The largest absolute Gasteiger partial charge is 0.336 e. The predicted molar refractivity (Wildman–Crippen MR) is 74.9 cm³/mol. The maximum Gasteiger partial charge on any atom is 0.257 e. The molecule has 1 aromatic rings. The van der Waals surface area contributed by atoms with E-state index in [4.69, 9.17) is 11.6 Å². The van der Waals surface area contributed by atoms with Gasteiger partial charge in [-0.15, -0.1) is 0 Å². The summed E-state index contributed by atoms with van der Waals surface area (Å²) in [5.41, 5.74) is 0.496. The van der Waals surface area contributed by atoms with Gasteiger partial charge in [0.25, 0.3) is 5.91 Å². The molecule has 0 spiro atoms. The molecular formula is C14H21ClN2O. The average molecular weight is 269 g/mol. The van der Waals surface area contributed by atoms with Gasteiger partial charge < -0.3 is 4.90 Å². The molecule has 1 rings (SSSR count). The van der Waals surface area contributed by atoms with Gasteiger partial charge >= 0.3 is 0 Å². The van der Waals surface area contributed by atoms with Gasteiger partial charge in [-0.05, 0) is 25.8 Å². The van der Waals surface area contributed by atoms with Crippen molar-refractivity contribution in [2.24, 2.45) is 0 Å². The molecule has 0 aliphatic rings. The molecule has 0 saturated carbocycles. The monoisotopic (exact) mass is 268 g/mol. The number of amides is 1. The van der Waals surface area contributed by atoms with Crippen molar-refractivity contribution in [3.63, 3.8) is 0 Å². The van der Waals surface area contributed by atoms with E-state index in [1.165, 1.54) is 0 Å². The van der Waals surface area contributed by atoms with Crippen LogP contribution in [0.15, 0.2) is 18.5 Å². The molecule has 1 amide bonds. The third-order valence-electron chi connectivity index (χ3n) is 3.13. The highest BCUT2D eigenvalue weighted by Crippen LogP contribution is 2.18. The van der Waals surface area contributed by atoms with E-state index in [1.807, 2.05) is 4.90 Å². The Morgan fingerprint density at radius 3 is 2.78 bits per heavy atom. The summed E-state index contributed by atoms with van der Waals surface area (Å²) >= 11 is 6.06. The standard InChI is InChI=1S/C14H21ClN2O/c1-4-6-9-17(11(3)5-2)14(18)12-10-16-8-7-13(12)15/h7-8,10-11H,4-6,9H2,1-3H3. The minimum Gasteiger partial charge on any atom is -0.336 e. The van der Waals surface area contributed by atoms with E-state index in [1.54, 1.807) is 18.5 Å². The maximum absolute atomic E-state index is 12.5. The lowest BCUT2D eigenvalue weighted by Crippen LogP contribution is -2.39. The van der Waals surface area contributed by atoms with Gasteiger partial charge in [0, 0.05) is 25.0 Å². The van der Waals surface area contributed by atoms with Gasteiger partial charge in [-0.3, -0.25) is 9.78 Å². The van der Waals surface area contributed by atoms with E-state index in [9.17, 15) is 4.79 Å². The zero-order valence-electron chi connectivity index (χ0n) is 11.3. The normalized spacial score (nSPS) is 12.2. The first-order valence-corrected chi connectivity index (χ1v) is 6.90. The fraction of sp³-hybridized carbons (Fsp3) is 0.571. The maximum atomic E-state index is 12.5. The summed E-state index contributed by atoms with van der Waals surface area (Å²) in [6.45, 7) is 7.05. The van der Waals surface area contributed by atoms with Crippen LogP contribution in [0, 0.1) is 0 Å². The molecule has 18 heavy (non-hydrogen) atoms. The highest BCUT2D eigenvalue weighted by atomic mass is 35.5. The van der Waals surface area contributed by atoms with Crippen LogP contribution in [0.25, 0.3) is 0 Å². The Morgan fingerprint density at radius 2 is 2.22 bits per heavy atom. The van der Waals surface area contributed by atoms with Crippen LogP contribution in [0.2, 0.25) is 5.02 Å². The van der Waals surface area contributed by atoms with Gasteiger partial charge in [-0.1, -0.05) is 31.9 Å². The van der Waals surface area contributed by atoms with Crippen molar-refractivity contribution in [3.05, 3.63) is 29.0 Å². The van der Waals surface area contributed by atoms with E-state index >= 15 is 0 Å². The highest BCUT2D eigenvalue weighted by Gasteiger charge is 2.21. The van der Waals surface area contributed by atoms with Gasteiger partial charge in [-0.25, -0.2) is 0 Å². The van der Waals surface area contributed by atoms with E-state index in [0.29, 0.717) is 10.6 Å². The van der Waals surface area contributed by atoms with Gasteiger partial charge in [0.1, 0.15) is 0 Å². The molecule has 1 unspecified atom stereocenters. The number of rotatable bonds is 6. The number of pyridine rings is 1. The molecule has 0 aliphatic heterocycles. The number of aromatic nitrogens is 1. The fourth-order valence-corrected chi connectivity index (χ4v) is 1.95. The zero-order valence-corrected chi connectivity index (χ0v) is 12.1. The molecule has 100 valence electrons. The Labute approximate surface area is 114 Å². The summed E-state index contributed by atoms with van der Waals surface area (Å²) in [6, 6.07) is 1.88. The third-order valence-corrected chi connectivity index (χ3v) is 3.46. The van der Waals surface area contributed by atoms with E-state index in [-0.39, 0.29) is 11.9 Å². The zero-order chi connectivity index (χ0) is 13.5. The number of hydrogen-bond acceptors (Lipinski definition) is 2. The van der Waals surface area contributed by atoms with Crippen LogP contribution in [0.1, 0.15) is 50.4 Å². The molecule has 0 bridgehead atoms. The smallest absolute Gasteiger partial charge is 0.257 e. The lowest BCUT2D eigenvalue weighted by molar-refractivity contribution is 0.0685. The number of carbonyl (C=O) groups is 1. The molecule has 0 aliphatic carbocycles. The fourth-order valence-electron chi connectivity index (χ4n) is 1.76. The second-order valence-electron chi connectivity index (χ2n) is 4.46. The SMILES string of the molecule is CCCCN(C(=O)c1cnccc1Cl)C(C)CC. The number of nitrogens with zero attached hydrogens (tertiary/aromatic N) is 2. The van der Waals surface area contributed by atoms with Crippen molar-refractivity contribution in [1.29, 1.82) is 0 Å². The topological polar surface area (TPSA) is 33.2 Å². The molecule has 0 fully saturated rings. The molecule has 1 heterocycles. The summed E-state index contributed by atoms with van der Waals surface area (Å²) in [6.07, 6.45) is 6.16. The van der Waals surface area contributed by atoms with Crippen molar-refractivity contribution in [2.75, 3.05) is 6.54 Å². The molecular weight excluding hydrogens is 248 g/mol. The molecule has 0 saturated heterocycles. The van der Waals surface area contributed by atoms with Gasteiger partial charge in [0.15, 0.2) is 0 Å². The first-order valence-electron chi connectivity index (χ1n) is 6.52. The van der Waals surface area contributed by atoms with Crippen LogP contribution in [0.4, 0.5) is 0 Å². The van der Waals surface area contributed by atoms with Crippen LogP contribution in [0.5, 0.6) is 0 Å². The van der Waals surface area contributed by atoms with Crippen molar-refractivity contribution in [2.45, 2.75) is 46.1 Å². The third kappa shape index (κ3) is 3.70. The number of halogens is 1. The molecule has 4 heteroatoms. The minimum atomic E-state index is -0.0177. The van der Waals surface area contributed by atoms with E-state index in [0.717, 1.165) is 25.8 Å². The van der Waals surface area contributed by atoms with Crippen LogP contribution in [-0.4, -0.2) is 28.4 Å². The highest BCUT2D eigenvalue weighted by molar-refractivity contribution is 6.33. The molecule has 1 atom stereocenters. The van der Waals surface area contributed by atoms with E-state index in [2.05, 4.69) is 25.8 Å². The van der Waals surface area contributed by atoms with Crippen LogP contribution < -0.4 is 0 Å². The van der Waals surface area contributed by atoms with Crippen LogP contribution >= 0.6 is 11.6 Å². The van der Waals surface area contributed by atoms with E-state index < -0.39 is 0 Å². The molecule has 0 aromatic carbocycles. The number of unbranched alkanes of at least 4 members (excludes halogenated alkanes) is 1. The number of hydrogen-bond donors (Lipinski definition) is 0. The van der Waals surface area contributed by atoms with Gasteiger partial charge in [-0.2, -0.15) is 0 Å². The van der Waals surface area contributed by atoms with Crippen LogP contribution in [0.3, 0.4) is 0 Å². The Morgan fingerprint density at radius 1 is 1.50 bits per heavy atom. The second-order valence-corrected chi connectivity index (χ2v) is 4.87. The summed E-state index contributed by atoms with van der Waals surface area (Å²) in [5, 5.41) is 0.472. The van der Waals surface area contributed by atoms with Gasteiger partial charge in [0.2, 0.25) is 0 Å². The Kier molecular flexibility index (Phi) is 6.13. The Balaban J connectivity index is 2.91. The molecule has 3 nitrogen and oxygen atoms in total. The second kappa shape index (κ2) is 7.37. The van der Waals surface area contributed by atoms with Crippen molar-refractivity contribution < 1.29 is 4.79 Å². The number of carbonyl (C=O) groups excluding carboxylic acids is 1. The molecule has 1 aromatic heterocycles. The molecule has 0 radical (unpaired) electrons. The molecule has 0 N–H and O–H groups in total. The lowest BCUT2D eigenvalue weighted by Gasteiger charge is -2.28. The predicted octanol–water partition coefficient (Wildman–Crippen LogP) is 3.78. The van der Waals surface area contributed by atoms with Crippen molar-refractivity contribution in [1.82, 2.24) is 9.88 Å². The van der Waals surface area contributed by atoms with Crippen molar-refractivity contribution >= 4 is 17.5 Å². The van der Waals surface area contributed by atoms with Crippen LogP contribution in [-0.2, 0) is 0 Å².